The lowest BCUT2D eigenvalue weighted by Crippen LogP contribution is -2.43. The van der Waals surface area contributed by atoms with Crippen molar-refractivity contribution in [3.63, 3.8) is 0 Å². The van der Waals surface area contributed by atoms with Crippen molar-refractivity contribution < 1.29 is 4.79 Å². The van der Waals surface area contributed by atoms with Crippen LogP contribution in [0.2, 0.25) is 0 Å². The maximum Gasteiger partial charge on any atom is 0.193 e. The fraction of sp³-hybridized carbons (Fsp3) is 0.0250. The van der Waals surface area contributed by atoms with Crippen LogP contribution < -0.4 is 4.90 Å². The zero-order chi connectivity index (χ0) is 27.3. The quantitative estimate of drug-likeness (QED) is 0.194. The molecule has 11 rings (SSSR count). The Morgan fingerprint density at radius 1 is 0.381 bits per heavy atom. The second-order valence-corrected chi connectivity index (χ2v) is 11.9. The number of anilines is 3. The van der Waals surface area contributed by atoms with Crippen molar-refractivity contribution in [2.24, 2.45) is 0 Å². The summed E-state index contributed by atoms with van der Waals surface area (Å²) in [6.45, 7) is 0. The Kier molecular flexibility index (Phi) is 3.48. The first-order valence-electron chi connectivity index (χ1n) is 14.6. The van der Waals surface area contributed by atoms with E-state index in [0.29, 0.717) is 0 Å². The van der Waals surface area contributed by atoms with E-state index in [0.717, 1.165) is 22.3 Å². The number of carbonyl (C=O) groups is 1. The number of rotatable bonds is 0. The molecule has 3 heterocycles. The molecule has 192 valence electrons. The van der Waals surface area contributed by atoms with Gasteiger partial charge in [0.05, 0.1) is 22.5 Å². The van der Waals surface area contributed by atoms with E-state index in [1.165, 1.54) is 72.0 Å². The number of carbonyl (C=O) groups excluding carboxylic acids is 1. The summed E-state index contributed by atoms with van der Waals surface area (Å²) in [5, 5.41) is 5.04. The Hall–Kier alpha value is -5.47. The van der Waals surface area contributed by atoms with E-state index >= 15 is 0 Å². The molecule has 7 aromatic rings. The SMILES string of the molecule is O=C1c2ccccc2C2(c3ccccc31)c1ccc3cccc4c3c1N1c3c-4cccc3-c3cccc4ccc2c1c34. The highest BCUT2D eigenvalue weighted by Gasteiger charge is 2.54. The Labute approximate surface area is 242 Å². The van der Waals surface area contributed by atoms with Gasteiger partial charge in [-0.2, -0.15) is 0 Å². The molecule has 0 N–H and O–H groups in total. The fourth-order valence-electron chi connectivity index (χ4n) is 8.83. The van der Waals surface area contributed by atoms with Gasteiger partial charge < -0.3 is 4.90 Å². The first kappa shape index (κ1) is 21.3. The molecule has 4 aliphatic rings. The molecule has 1 aliphatic carbocycles. The van der Waals surface area contributed by atoms with Crippen LogP contribution in [-0.2, 0) is 5.41 Å². The van der Waals surface area contributed by atoms with Gasteiger partial charge in [0, 0.05) is 33.0 Å². The van der Waals surface area contributed by atoms with E-state index in [-0.39, 0.29) is 5.78 Å². The summed E-state index contributed by atoms with van der Waals surface area (Å²) in [5.74, 6) is 0.104. The van der Waals surface area contributed by atoms with Crippen LogP contribution in [0.25, 0.3) is 43.8 Å². The Bertz CT molecular complexity index is 2280. The van der Waals surface area contributed by atoms with Gasteiger partial charge in [-0.3, -0.25) is 4.79 Å². The number of para-hydroxylation sites is 1. The minimum Gasteiger partial charge on any atom is -0.307 e. The topological polar surface area (TPSA) is 20.3 Å². The molecular formula is C40H21NO. The molecule has 2 heteroatoms. The average Bonchev–Trinajstić information content (AvgIpc) is 3.05. The standard InChI is InChI=1S/C40H21NO/c42-39-28-10-1-3-16-30(28)40(31-17-4-2-11-29(31)39)32-20-18-22-8-5-12-24-26-14-7-15-27-25-13-6-9-23-19-21-33(40)38(35(23)25)41(36(26)27)37(32)34(22)24/h1-21H. The van der Waals surface area contributed by atoms with Crippen LogP contribution in [0.4, 0.5) is 17.1 Å². The van der Waals surface area contributed by atoms with E-state index in [2.05, 4.69) is 108 Å². The number of fused-ring (bicyclic) bond motifs is 8. The number of hydrogen-bond donors (Lipinski definition) is 0. The van der Waals surface area contributed by atoms with Crippen LogP contribution in [0.1, 0.15) is 38.2 Å². The van der Waals surface area contributed by atoms with Crippen molar-refractivity contribution in [3.8, 4) is 22.3 Å². The van der Waals surface area contributed by atoms with E-state index in [1.54, 1.807) is 0 Å². The maximum atomic E-state index is 14.1. The van der Waals surface area contributed by atoms with Gasteiger partial charge >= 0.3 is 0 Å². The fourth-order valence-corrected chi connectivity index (χ4v) is 8.83. The van der Waals surface area contributed by atoms with Gasteiger partial charge in [0.1, 0.15) is 0 Å². The van der Waals surface area contributed by atoms with Crippen molar-refractivity contribution in [2.75, 3.05) is 4.90 Å². The monoisotopic (exact) mass is 531 g/mol. The highest BCUT2D eigenvalue weighted by atomic mass is 16.1. The summed E-state index contributed by atoms with van der Waals surface area (Å²) in [7, 11) is 0. The second-order valence-electron chi connectivity index (χ2n) is 11.9. The lowest BCUT2D eigenvalue weighted by molar-refractivity contribution is 0.103. The molecule has 0 amide bonds. The predicted molar refractivity (Wildman–Crippen MR) is 169 cm³/mol. The number of ketones is 1. The molecule has 3 aliphatic heterocycles. The molecule has 0 atom stereocenters. The van der Waals surface area contributed by atoms with Gasteiger partial charge in [0.15, 0.2) is 5.78 Å². The predicted octanol–water partition coefficient (Wildman–Crippen LogP) is 9.66. The normalized spacial score (nSPS) is 15.3. The van der Waals surface area contributed by atoms with Gasteiger partial charge in [-0.05, 0) is 44.2 Å². The third-order valence-corrected chi connectivity index (χ3v) is 10.3. The summed E-state index contributed by atoms with van der Waals surface area (Å²) in [5.41, 5.74) is 14.4. The molecule has 42 heavy (non-hydrogen) atoms. The van der Waals surface area contributed by atoms with Gasteiger partial charge in [-0.15, -0.1) is 0 Å². The van der Waals surface area contributed by atoms with Crippen LogP contribution in [0.3, 0.4) is 0 Å². The smallest absolute Gasteiger partial charge is 0.193 e. The first-order chi connectivity index (χ1) is 20.8. The number of benzene rings is 7. The van der Waals surface area contributed by atoms with Crippen LogP contribution in [0.5, 0.6) is 0 Å². The van der Waals surface area contributed by atoms with Crippen LogP contribution in [0.15, 0.2) is 127 Å². The molecule has 0 saturated heterocycles. The van der Waals surface area contributed by atoms with Crippen molar-refractivity contribution in [1.82, 2.24) is 0 Å². The van der Waals surface area contributed by atoms with Gasteiger partial charge in [-0.25, -0.2) is 0 Å². The number of nitrogens with zero attached hydrogens (tertiary/aromatic N) is 1. The summed E-state index contributed by atoms with van der Waals surface area (Å²) in [4.78, 5) is 16.6. The van der Waals surface area contributed by atoms with Crippen molar-refractivity contribution >= 4 is 44.4 Å². The maximum absolute atomic E-state index is 14.1. The van der Waals surface area contributed by atoms with Crippen LogP contribution in [0, 0.1) is 0 Å². The highest BCUT2D eigenvalue weighted by Crippen LogP contribution is 2.68. The minimum absolute atomic E-state index is 0.104. The molecule has 1 spiro atoms. The zero-order valence-electron chi connectivity index (χ0n) is 22.5. The van der Waals surface area contributed by atoms with Crippen LogP contribution in [-0.4, -0.2) is 5.78 Å². The van der Waals surface area contributed by atoms with Gasteiger partial charge in [0.2, 0.25) is 0 Å². The summed E-state index contributed by atoms with van der Waals surface area (Å²) in [6, 6.07) is 46.1. The molecule has 0 unspecified atom stereocenters. The molecule has 2 nitrogen and oxygen atoms in total. The molecular weight excluding hydrogens is 510 g/mol. The molecule has 7 aromatic carbocycles. The lowest BCUT2D eigenvalue weighted by atomic mass is 9.56. The van der Waals surface area contributed by atoms with Crippen LogP contribution >= 0.6 is 0 Å². The molecule has 0 saturated carbocycles. The molecule has 0 fully saturated rings. The lowest BCUT2D eigenvalue weighted by Gasteiger charge is -2.52. The van der Waals surface area contributed by atoms with E-state index in [4.69, 9.17) is 0 Å². The molecule has 0 bridgehead atoms. The van der Waals surface area contributed by atoms with E-state index in [1.807, 2.05) is 24.3 Å². The van der Waals surface area contributed by atoms with Crippen molar-refractivity contribution in [3.05, 3.63) is 161 Å². The highest BCUT2D eigenvalue weighted by molar-refractivity contribution is 6.26. The van der Waals surface area contributed by atoms with Crippen molar-refractivity contribution in [2.45, 2.75) is 5.41 Å². The van der Waals surface area contributed by atoms with E-state index < -0.39 is 5.41 Å². The Morgan fingerprint density at radius 3 is 1.38 bits per heavy atom. The summed E-state index contributed by atoms with van der Waals surface area (Å²) >= 11 is 0. The Morgan fingerprint density at radius 2 is 0.833 bits per heavy atom. The Balaban J connectivity index is 1.48. The zero-order valence-corrected chi connectivity index (χ0v) is 22.5. The third kappa shape index (κ3) is 2.08. The second kappa shape index (κ2) is 6.87. The molecule has 0 aromatic heterocycles. The van der Waals surface area contributed by atoms with Gasteiger partial charge in [-0.1, -0.05) is 127 Å². The number of hydrogen-bond acceptors (Lipinski definition) is 2. The largest absolute Gasteiger partial charge is 0.307 e. The van der Waals surface area contributed by atoms with E-state index in [9.17, 15) is 4.79 Å². The van der Waals surface area contributed by atoms with Gasteiger partial charge in [0.25, 0.3) is 0 Å². The average molecular weight is 532 g/mol. The minimum atomic E-state index is -0.644. The third-order valence-electron chi connectivity index (χ3n) is 10.3. The summed E-state index contributed by atoms with van der Waals surface area (Å²) < 4.78 is 0. The van der Waals surface area contributed by atoms with Crippen molar-refractivity contribution in [1.29, 1.82) is 0 Å². The molecule has 0 radical (unpaired) electrons. The summed E-state index contributed by atoms with van der Waals surface area (Å²) in [6.07, 6.45) is 0. The first-order valence-corrected chi connectivity index (χ1v) is 14.6.